The topological polar surface area (TPSA) is 46.2 Å². The van der Waals surface area contributed by atoms with Crippen LogP contribution in [0.15, 0.2) is 54.6 Å². The Bertz CT molecular complexity index is 649. The maximum atomic E-state index is 12.3. The highest BCUT2D eigenvalue weighted by molar-refractivity contribution is 6.04. The van der Waals surface area contributed by atoms with Crippen LogP contribution in [-0.2, 0) is 11.2 Å². The molecule has 0 aromatic heterocycles. The van der Waals surface area contributed by atoms with Crippen molar-refractivity contribution in [1.82, 2.24) is 0 Å². The molecule has 2 aromatic carbocycles. The SMILES string of the molecule is CC(=O)c1ccccc1NC(=O)C(C)CCc1ccccc1. The van der Waals surface area contributed by atoms with Crippen molar-refractivity contribution in [2.24, 2.45) is 5.92 Å². The number of carbonyl (C=O) groups is 2. The van der Waals surface area contributed by atoms with Crippen LogP contribution in [0.2, 0.25) is 0 Å². The van der Waals surface area contributed by atoms with E-state index in [4.69, 9.17) is 0 Å². The van der Waals surface area contributed by atoms with Gasteiger partial charge in [-0.1, -0.05) is 49.4 Å². The molecule has 0 saturated carbocycles. The minimum atomic E-state index is -0.111. The average Bonchev–Trinajstić information content (AvgIpc) is 2.53. The lowest BCUT2D eigenvalue weighted by Gasteiger charge is -2.14. The zero-order valence-electron chi connectivity index (χ0n) is 13.0. The first kappa shape index (κ1) is 16.0. The lowest BCUT2D eigenvalue weighted by molar-refractivity contribution is -0.119. The van der Waals surface area contributed by atoms with Crippen LogP contribution in [0.1, 0.15) is 36.2 Å². The molecule has 1 amide bonds. The number of amides is 1. The standard InChI is InChI=1S/C19H21NO2/c1-14(12-13-16-8-4-3-5-9-16)19(22)20-18-11-7-6-10-17(18)15(2)21/h3-11,14H,12-13H2,1-2H3,(H,20,22). The van der Waals surface area contributed by atoms with Gasteiger partial charge >= 0.3 is 0 Å². The Kier molecular flexibility index (Phi) is 5.48. The lowest BCUT2D eigenvalue weighted by Crippen LogP contribution is -2.22. The van der Waals surface area contributed by atoms with E-state index in [2.05, 4.69) is 17.4 Å². The van der Waals surface area contributed by atoms with Crippen molar-refractivity contribution in [2.75, 3.05) is 5.32 Å². The number of ketones is 1. The molecule has 0 fully saturated rings. The van der Waals surface area contributed by atoms with Crippen molar-refractivity contribution in [3.63, 3.8) is 0 Å². The van der Waals surface area contributed by atoms with Gasteiger partial charge in [-0.15, -0.1) is 0 Å². The summed E-state index contributed by atoms with van der Waals surface area (Å²) >= 11 is 0. The van der Waals surface area contributed by atoms with Crippen molar-refractivity contribution in [3.8, 4) is 0 Å². The first-order valence-corrected chi connectivity index (χ1v) is 7.52. The Morgan fingerprint density at radius 2 is 1.64 bits per heavy atom. The summed E-state index contributed by atoms with van der Waals surface area (Å²) in [6.45, 7) is 3.42. The molecule has 2 aromatic rings. The van der Waals surface area contributed by atoms with Gasteiger partial charge in [-0.05, 0) is 37.5 Å². The molecule has 1 atom stereocenters. The zero-order valence-corrected chi connectivity index (χ0v) is 13.0. The van der Waals surface area contributed by atoms with Crippen LogP contribution >= 0.6 is 0 Å². The maximum absolute atomic E-state index is 12.3. The van der Waals surface area contributed by atoms with Crippen LogP contribution in [0.5, 0.6) is 0 Å². The normalized spacial score (nSPS) is 11.7. The predicted molar refractivity (Wildman–Crippen MR) is 89.0 cm³/mol. The van der Waals surface area contributed by atoms with Gasteiger partial charge in [0.05, 0.1) is 5.69 Å². The summed E-state index contributed by atoms with van der Waals surface area (Å²) in [6, 6.07) is 17.2. The van der Waals surface area contributed by atoms with E-state index in [0.717, 1.165) is 12.8 Å². The first-order valence-electron chi connectivity index (χ1n) is 7.52. The molecule has 0 aliphatic heterocycles. The Morgan fingerprint density at radius 3 is 2.32 bits per heavy atom. The quantitative estimate of drug-likeness (QED) is 0.816. The number of carbonyl (C=O) groups excluding carboxylic acids is 2. The summed E-state index contributed by atoms with van der Waals surface area (Å²) in [5.74, 6) is -0.210. The van der Waals surface area contributed by atoms with Gasteiger partial charge in [0.25, 0.3) is 0 Å². The summed E-state index contributed by atoms with van der Waals surface area (Å²) in [5.41, 5.74) is 2.36. The highest BCUT2D eigenvalue weighted by Crippen LogP contribution is 2.18. The third kappa shape index (κ3) is 4.29. The molecular formula is C19H21NO2. The predicted octanol–water partition coefficient (Wildman–Crippen LogP) is 4.10. The van der Waals surface area contributed by atoms with Crippen molar-refractivity contribution < 1.29 is 9.59 Å². The van der Waals surface area contributed by atoms with E-state index >= 15 is 0 Å². The van der Waals surface area contributed by atoms with Crippen LogP contribution in [-0.4, -0.2) is 11.7 Å². The lowest BCUT2D eigenvalue weighted by atomic mass is 10.00. The smallest absolute Gasteiger partial charge is 0.227 e. The molecule has 3 heteroatoms. The Hall–Kier alpha value is -2.42. The van der Waals surface area contributed by atoms with Crippen LogP contribution in [0.25, 0.3) is 0 Å². The second kappa shape index (κ2) is 7.55. The molecule has 22 heavy (non-hydrogen) atoms. The molecule has 0 bridgehead atoms. The molecule has 0 saturated heterocycles. The summed E-state index contributed by atoms with van der Waals surface area (Å²) in [5, 5.41) is 2.87. The molecule has 0 aliphatic carbocycles. The minimum absolute atomic E-state index is 0.0483. The molecule has 1 N–H and O–H groups in total. The number of aryl methyl sites for hydroxylation is 1. The summed E-state index contributed by atoms with van der Waals surface area (Å²) in [4.78, 5) is 23.9. The van der Waals surface area contributed by atoms with Gasteiger partial charge in [-0.2, -0.15) is 0 Å². The Labute approximate surface area is 131 Å². The van der Waals surface area contributed by atoms with Crippen LogP contribution in [0.4, 0.5) is 5.69 Å². The number of hydrogen-bond acceptors (Lipinski definition) is 2. The van der Waals surface area contributed by atoms with Gasteiger partial charge in [-0.3, -0.25) is 9.59 Å². The summed E-state index contributed by atoms with van der Waals surface area (Å²) in [6.07, 6.45) is 1.64. The molecule has 3 nitrogen and oxygen atoms in total. The number of benzene rings is 2. The zero-order chi connectivity index (χ0) is 15.9. The van der Waals surface area contributed by atoms with E-state index in [-0.39, 0.29) is 17.6 Å². The number of rotatable bonds is 6. The summed E-state index contributed by atoms with van der Waals surface area (Å²) in [7, 11) is 0. The van der Waals surface area contributed by atoms with Gasteiger partial charge in [0.2, 0.25) is 5.91 Å². The molecule has 0 heterocycles. The van der Waals surface area contributed by atoms with Gasteiger partial charge in [0.1, 0.15) is 0 Å². The Morgan fingerprint density at radius 1 is 1.00 bits per heavy atom. The van der Waals surface area contributed by atoms with E-state index in [1.165, 1.54) is 12.5 Å². The number of nitrogens with one attached hydrogen (secondary N) is 1. The summed E-state index contributed by atoms with van der Waals surface area (Å²) < 4.78 is 0. The van der Waals surface area contributed by atoms with E-state index in [1.54, 1.807) is 18.2 Å². The van der Waals surface area contributed by atoms with Crippen LogP contribution in [0.3, 0.4) is 0 Å². The second-order valence-corrected chi connectivity index (χ2v) is 5.52. The van der Waals surface area contributed by atoms with Crippen molar-refractivity contribution in [1.29, 1.82) is 0 Å². The number of hydrogen-bond donors (Lipinski definition) is 1. The third-order valence-corrected chi connectivity index (χ3v) is 3.72. The number of para-hydroxylation sites is 1. The third-order valence-electron chi connectivity index (χ3n) is 3.72. The van der Waals surface area contributed by atoms with Crippen molar-refractivity contribution in [2.45, 2.75) is 26.7 Å². The molecule has 0 radical (unpaired) electrons. The van der Waals surface area contributed by atoms with Gasteiger partial charge in [-0.25, -0.2) is 0 Å². The maximum Gasteiger partial charge on any atom is 0.227 e. The molecule has 0 spiro atoms. The van der Waals surface area contributed by atoms with Gasteiger partial charge in [0.15, 0.2) is 5.78 Å². The number of anilines is 1. The fraction of sp³-hybridized carbons (Fsp3) is 0.263. The van der Waals surface area contributed by atoms with Gasteiger partial charge < -0.3 is 5.32 Å². The second-order valence-electron chi connectivity index (χ2n) is 5.52. The van der Waals surface area contributed by atoms with E-state index in [0.29, 0.717) is 11.3 Å². The molecule has 114 valence electrons. The molecule has 1 unspecified atom stereocenters. The fourth-order valence-corrected chi connectivity index (χ4v) is 2.31. The highest BCUT2D eigenvalue weighted by Gasteiger charge is 2.15. The fourth-order valence-electron chi connectivity index (χ4n) is 2.31. The monoisotopic (exact) mass is 295 g/mol. The Balaban J connectivity index is 1.96. The van der Waals surface area contributed by atoms with Gasteiger partial charge in [0, 0.05) is 11.5 Å². The molecular weight excluding hydrogens is 274 g/mol. The highest BCUT2D eigenvalue weighted by atomic mass is 16.2. The van der Waals surface area contributed by atoms with E-state index in [9.17, 15) is 9.59 Å². The van der Waals surface area contributed by atoms with Crippen molar-refractivity contribution in [3.05, 3.63) is 65.7 Å². The van der Waals surface area contributed by atoms with Crippen LogP contribution in [0, 0.1) is 5.92 Å². The van der Waals surface area contributed by atoms with Crippen LogP contribution < -0.4 is 5.32 Å². The molecule has 2 rings (SSSR count). The van der Waals surface area contributed by atoms with Crippen molar-refractivity contribution >= 4 is 17.4 Å². The largest absolute Gasteiger partial charge is 0.325 e. The van der Waals surface area contributed by atoms with E-state index in [1.807, 2.05) is 31.2 Å². The first-order chi connectivity index (χ1) is 10.6. The average molecular weight is 295 g/mol. The molecule has 0 aliphatic rings. The minimum Gasteiger partial charge on any atom is -0.325 e. The van der Waals surface area contributed by atoms with E-state index < -0.39 is 0 Å². The number of Topliss-reactive ketones (excluding diaryl/α,β-unsaturated/α-hetero) is 1.